The molecule has 10 heteroatoms. The van der Waals surface area contributed by atoms with E-state index < -0.39 is 21.6 Å². The number of sulfonamides is 1. The van der Waals surface area contributed by atoms with E-state index in [1.165, 1.54) is 19.2 Å². The van der Waals surface area contributed by atoms with Crippen LogP contribution < -0.4 is 20.1 Å². The molecule has 0 fully saturated rings. The number of carbonyl (C=O) groups excluding carboxylic acids is 2. The van der Waals surface area contributed by atoms with Gasteiger partial charge in [0, 0.05) is 19.4 Å². The fourth-order valence-corrected chi connectivity index (χ4v) is 3.89. The van der Waals surface area contributed by atoms with Gasteiger partial charge >= 0.3 is 6.03 Å². The van der Waals surface area contributed by atoms with E-state index in [-0.39, 0.29) is 29.6 Å². The number of H-pyrrole nitrogens is 1. The highest BCUT2D eigenvalue weighted by molar-refractivity contribution is 7.90. The number of aromatic nitrogens is 1. The van der Waals surface area contributed by atoms with Crippen LogP contribution in [0, 0.1) is 0 Å². The molecule has 0 radical (unpaired) electrons. The fraction of sp³-hybridized carbons (Fsp3) is 0.368. The number of hydrogen-bond donors (Lipinski definition) is 4. The lowest BCUT2D eigenvalue weighted by Gasteiger charge is -2.25. The zero-order valence-corrected chi connectivity index (χ0v) is 17.6. The van der Waals surface area contributed by atoms with Crippen LogP contribution in [0.3, 0.4) is 0 Å². The minimum atomic E-state index is -4.18. The number of rotatable bonds is 8. The summed E-state index contributed by atoms with van der Waals surface area (Å²) in [7, 11) is -2.87. The molecule has 9 nitrogen and oxygen atoms in total. The Bertz CT molecular complexity index is 968. The summed E-state index contributed by atoms with van der Waals surface area (Å²) in [5.74, 6) is -0.177. The van der Waals surface area contributed by atoms with Crippen molar-refractivity contribution in [1.82, 2.24) is 20.3 Å². The number of benzene rings is 1. The third-order valence-corrected chi connectivity index (χ3v) is 5.54. The third kappa shape index (κ3) is 5.74. The summed E-state index contributed by atoms with van der Waals surface area (Å²) in [5.41, 5.74) is 0.779. The quantitative estimate of drug-likeness (QED) is 0.514. The molecule has 0 aliphatic heterocycles. The average molecular weight is 423 g/mol. The zero-order valence-electron chi connectivity index (χ0n) is 16.8. The lowest BCUT2D eigenvalue weighted by Crippen LogP contribution is -2.41. The molecule has 0 spiro atoms. The summed E-state index contributed by atoms with van der Waals surface area (Å²) < 4.78 is 32.4. The highest BCUT2D eigenvalue weighted by Crippen LogP contribution is 2.26. The smallest absolute Gasteiger partial charge is 0.328 e. The highest BCUT2D eigenvalue weighted by atomic mass is 32.2. The second-order valence-electron chi connectivity index (χ2n) is 6.85. The lowest BCUT2D eigenvalue weighted by molar-refractivity contribution is -0.122. The maximum atomic E-state index is 12.6. The number of urea groups is 1. The van der Waals surface area contributed by atoms with Gasteiger partial charge in [-0.25, -0.2) is 17.9 Å². The number of carbonyl (C=O) groups is 2. The SMILES string of the molecule is CCOc1ccc(CC(=O)NC(C)(C)c2cc[nH]c2)cc1S(=O)(=O)NC(=O)NC. The first-order chi connectivity index (χ1) is 13.6. The van der Waals surface area contributed by atoms with E-state index in [1.54, 1.807) is 25.4 Å². The molecule has 0 saturated carbocycles. The summed E-state index contributed by atoms with van der Waals surface area (Å²) in [6, 6.07) is 5.42. The monoisotopic (exact) mass is 422 g/mol. The molecule has 3 amide bonds. The first-order valence-electron chi connectivity index (χ1n) is 9.03. The molecule has 2 rings (SSSR count). The number of hydrogen-bond acceptors (Lipinski definition) is 5. The van der Waals surface area contributed by atoms with Crippen LogP contribution >= 0.6 is 0 Å². The van der Waals surface area contributed by atoms with Gasteiger partial charge in [0.1, 0.15) is 10.6 Å². The Kier molecular flexibility index (Phi) is 6.91. The van der Waals surface area contributed by atoms with Crippen LogP contribution in [-0.4, -0.2) is 39.0 Å². The second-order valence-corrected chi connectivity index (χ2v) is 8.50. The van der Waals surface area contributed by atoms with E-state index in [1.807, 2.05) is 24.6 Å². The second kappa shape index (κ2) is 8.99. The van der Waals surface area contributed by atoms with E-state index in [0.717, 1.165) is 5.56 Å². The maximum absolute atomic E-state index is 12.6. The van der Waals surface area contributed by atoms with Crippen molar-refractivity contribution < 1.29 is 22.7 Å². The van der Waals surface area contributed by atoms with Gasteiger partial charge < -0.3 is 20.4 Å². The van der Waals surface area contributed by atoms with Crippen molar-refractivity contribution in [3.8, 4) is 5.75 Å². The Balaban J connectivity index is 2.25. The van der Waals surface area contributed by atoms with Crippen molar-refractivity contribution >= 4 is 22.0 Å². The van der Waals surface area contributed by atoms with Crippen molar-refractivity contribution in [2.75, 3.05) is 13.7 Å². The van der Waals surface area contributed by atoms with Crippen LogP contribution in [0.4, 0.5) is 4.79 Å². The lowest BCUT2D eigenvalue weighted by atomic mass is 9.96. The zero-order chi connectivity index (χ0) is 21.7. The molecule has 158 valence electrons. The van der Waals surface area contributed by atoms with E-state index in [4.69, 9.17) is 4.74 Å². The molecule has 0 aliphatic carbocycles. The third-order valence-electron chi connectivity index (χ3n) is 4.19. The first-order valence-corrected chi connectivity index (χ1v) is 10.5. The summed E-state index contributed by atoms with van der Waals surface area (Å²) in [6.45, 7) is 5.70. The Morgan fingerprint density at radius 3 is 2.52 bits per heavy atom. The fourth-order valence-electron chi connectivity index (χ4n) is 2.74. The predicted octanol–water partition coefficient (Wildman–Crippen LogP) is 1.63. The van der Waals surface area contributed by atoms with Gasteiger partial charge in [0.25, 0.3) is 10.0 Å². The van der Waals surface area contributed by atoms with Crippen molar-refractivity contribution in [2.24, 2.45) is 0 Å². The first kappa shape index (κ1) is 22.3. The van der Waals surface area contributed by atoms with Crippen LogP contribution in [0.25, 0.3) is 0 Å². The normalized spacial score (nSPS) is 11.6. The molecular formula is C19H26N4O5S. The Morgan fingerprint density at radius 1 is 1.21 bits per heavy atom. The number of aromatic amines is 1. The van der Waals surface area contributed by atoms with Crippen LogP contribution in [-0.2, 0) is 26.8 Å². The van der Waals surface area contributed by atoms with Gasteiger partial charge in [-0.3, -0.25) is 4.79 Å². The van der Waals surface area contributed by atoms with Gasteiger partial charge in [-0.15, -0.1) is 0 Å². The molecule has 0 aliphatic rings. The molecule has 0 bridgehead atoms. The minimum Gasteiger partial charge on any atom is -0.492 e. The van der Waals surface area contributed by atoms with Gasteiger partial charge in [-0.05, 0) is 50.1 Å². The number of ether oxygens (including phenoxy) is 1. The van der Waals surface area contributed by atoms with Gasteiger partial charge in [0.2, 0.25) is 5.91 Å². The molecule has 1 heterocycles. The van der Waals surface area contributed by atoms with E-state index in [0.29, 0.717) is 5.56 Å². The van der Waals surface area contributed by atoms with Crippen LogP contribution in [0.1, 0.15) is 31.9 Å². The molecule has 0 unspecified atom stereocenters. The Hall–Kier alpha value is -3.01. The predicted molar refractivity (Wildman–Crippen MR) is 108 cm³/mol. The topological polar surface area (TPSA) is 129 Å². The Labute approximate surface area is 170 Å². The van der Waals surface area contributed by atoms with E-state index >= 15 is 0 Å². The van der Waals surface area contributed by atoms with Crippen LogP contribution in [0.5, 0.6) is 5.75 Å². The van der Waals surface area contributed by atoms with Crippen molar-refractivity contribution in [3.05, 3.63) is 47.8 Å². The summed E-state index contributed by atoms with van der Waals surface area (Å²) >= 11 is 0. The number of amides is 3. The minimum absolute atomic E-state index is 0.0389. The van der Waals surface area contributed by atoms with Gasteiger partial charge in [-0.2, -0.15) is 0 Å². The van der Waals surface area contributed by atoms with Gasteiger partial charge in [0.05, 0.1) is 18.6 Å². The molecule has 4 N–H and O–H groups in total. The van der Waals surface area contributed by atoms with E-state index in [2.05, 4.69) is 15.6 Å². The molecular weight excluding hydrogens is 396 g/mol. The molecule has 1 aromatic carbocycles. The average Bonchev–Trinajstić information content (AvgIpc) is 3.18. The molecule has 29 heavy (non-hydrogen) atoms. The molecule has 0 saturated heterocycles. The van der Waals surface area contributed by atoms with Crippen LogP contribution in [0.15, 0.2) is 41.6 Å². The molecule has 2 aromatic rings. The van der Waals surface area contributed by atoms with Crippen LogP contribution in [0.2, 0.25) is 0 Å². The Morgan fingerprint density at radius 2 is 1.93 bits per heavy atom. The van der Waals surface area contributed by atoms with Crippen molar-refractivity contribution in [2.45, 2.75) is 37.6 Å². The largest absolute Gasteiger partial charge is 0.492 e. The van der Waals surface area contributed by atoms with E-state index in [9.17, 15) is 18.0 Å². The standard InChI is InChI=1S/C19H26N4O5S/c1-5-28-15-7-6-13(10-16(15)29(26,27)23-18(25)20-4)11-17(24)22-19(2,3)14-8-9-21-12-14/h6-10,12,21H,5,11H2,1-4H3,(H,22,24)(H2,20,23,25). The summed E-state index contributed by atoms with van der Waals surface area (Å²) in [6.07, 6.45) is 3.53. The van der Waals surface area contributed by atoms with Gasteiger partial charge in [-0.1, -0.05) is 6.07 Å². The summed E-state index contributed by atoms with van der Waals surface area (Å²) in [4.78, 5) is 26.8. The van der Waals surface area contributed by atoms with Gasteiger partial charge in [0.15, 0.2) is 0 Å². The van der Waals surface area contributed by atoms with Crippen molar-refractivity contribution in [1.29, 1.82) is 0 Å². The molecule has 1 aromatic heterocycles. The molecule has 0 atom stereocenters. The number of nitrogens with one attached hydrogen (secondary N) is 4. The summed E-state index contributed by atoms with van der Waals surface area (Å²) in [5, 5.41) is 5.12. The highest BCUT2D eigenvalue weighted by Gasteiger charge is 2.25. The van der Waals surface area contributed by atoms with Crippen molar-refractivity contribution in [3.63, 3.8) is 0 Å². The maximum Gasteiger partial charge on any atom is 0.328 e.